The van der Waals surface area contributed by atoms with Crippen molar-refractivity contribution in [3.63, 3.8) is 0 Å². The largest absolute Gasteiger partial charge is 0.334 e. The first-order valence-corrected chi connectivity index (χ1v) is 8.00. The van der Waals surface area contributed by atoms with Crippen LogP contribution in [0.25, 0.3) is 0 Å². The Morgan fingerprint density at radius 1 is 1.12 bits per heavy atom. The van der Waals surface area contributed by atoms with Crippen LogP contribution in [0.4, 0.5) is 10.5 Å². The quantitative estimate of drug-likeness (QED) is 0.856. The van der Waals surface area contributed by atoms with Crippen LogP contribution in [0, 0.1) is 0 Å². The van der Waals surface area contributed by atoms with Gasteiger partial charge in [0.05, 0.1) is 6.04 Å². The summed E-state index contributed by atoms with van der Waals surface area (Å²) in [7, 11) is 0. The van der Waals surface area contributed by atoms with Crippen LogP contribution in [0.3, 0.4) is 0 Å². The molecule has 2 aromatic carbocycles. The molecule has 1 atom stereocenters. The zero-order valence-electron chi connectivity index (χ0n) is 12.9. The van der Waals surface area contributed by atoms with Crippen LogP contribution in [0.5, 0.6) is 0 Å². The molecular weight excluding hydrogens is 324 g/mol. The van der Waals surface area contributed by atoms with Crippen molar-refractivity contribution in [3.8, 4) is 0 Å². The fourth-order valence-electron chi connectivity index (χ4n) is 2.36. The lowest BCUT2D eigenvalue weighted by Gasteiger charge is -2.09. The van der Waals surface area contributed by atoms with E-state index in [4.69, 9.17) is 11.6 Å². The molecular formula is C18H17ClN4O. The monoisotopic (exact) mass is 340 g/mol. The predicted octanol–water partition coefficient (Wildman–Crippen LogP) is 3.69. The molecule has 1 unspecified atom stereocenters. The normalized spacial score (nSPS) is 15.5. The van der Waals surface area contributed by atoms with Gasteiger partial charge in [-0.2, -0.15) is 0 Å². The van der Waals surface area contributed by atoms with Crippen molar-refractivity contribution in [2.24, 2.45) is 9.98 Å². The summed E-state index contributed by atoms with van der Waals surface area (Å²) >= 11 is 5.89. The molecule has 0 radical (unpaired) electrons. The molecule has 5 nitrogen and oxygen atoms in total. The third-order valence-corrected chi connectivity index (χ3v) is 3.82. The van der Waals surface area contributed by atoms with Crippen LogP contribution in [-0.2, 0) is 13.0 Å². The first kappa shape index (κ1) is 16.2. The van der Waals surface area contributed by atoms with E-state index in [1.807, 2.05) is 30.5 Å². The Morgan fingerprint density at radius 3 is 2.62 bits per heavy atom. The van der Waals surface area contributed by atoms with Crippen LogP contribution in [-0.4, -0.2) is 24.6 Å². The topological polar surface area (TPSA) is 65.8 Å². The zero-order valence-corrected chi connectivity index (χ0v) is 13.7. The van der Waals surface area contributed by atoms with Crippen molar-refractivity contribution in [1.29, 1.82) is 0 Å². The van der Waals surface area contributed by atoms with Crippen molar-refractivity contribution in [2.75, 3.05) is 5.32 Å². The van der Waals surface area contributed by atoms with E-state index in [2.05, 4.69) is 20.6 Å². The second-order valence-electron chi connectivity index (χ2n) is 5.47. The standard InChI is InChI=1S/C18H17ClN4O/c19-15-2-1-3-16(9-15)23-18(24)21-10-14-6-4-13(5-7-14)8-17-11-20-12-22-17/h1-7,9,11-12,17H,8,10H2,(H2,21,23,24). The molecule has 1 aliphatic rings. The van der Waals surface area contributed by atoms with Crippen LogP contribution in [0.2, 0.25) is 5.02 Å². The molecule has 122 valence electrons. The number of hydrogen-bond donors (Lipinski definition) is 2. The van der Waals surface area contributed by atoms with E-state index < -0.39 is 0 Å². The predicted molar refractivity (Wildman–Crippen MR) is 98.2 cm³/mol. The number of amides is 2. The second kappa shape index (κ2) is 7.75. The Labute approximate surface area is 145 Å². The highest BCUT2D eigenvalue weighted by Crippen LogP contribution is 2.14. The number of carbonyl (C=O) groups is 1. The number of aliphatic imine (C=N–C) groups is 2. The maximum atomic E-state index is 11.9. The molecule has 1 aliphatic heterocycles. The van der Waals surface area contributed by atoms with Gasteiger partial charge in [-0.05, 0) is 35.7 Å². The van der Waals surface area contributed by atoms with E-state index in [0.29, 0.717) is 17.3 Å². The third-order valence-electron chi connectivity index (χ3n) is 3.59. The molecule has 2 N–H and O–H groups in total. The molecule has 3 rings (SSSR count). The summed E-state index contributed by atoms with van der Waals surface area (Å²) in [5.74, 6) is 0. The molecule has 6 heteroatoms. The number of anilines is 1. The summed E-state index contributed by atoms with van der Waals surface area (Å²) in [5, 5.41) is 6.15. The first-order chi connectivity index (χ1) is 11.7. The minimum absolute atomic E-state index is 0.137. The SMILES string of the molecule is O=C(NCc1ccc(CC2C=NC=N2)cc1)Nc1cccc(Cl)c1. The fourth-order valence-corrected chi connectivity index (χ4v) is 2.55. The number of nitrogens with zero attached hydrogens (tertiary/aromatic N) is 2. The molecule has 2 aromatic rings. The van der Waals surface area contributed by atoms with E-state index in [1.165, 1.54) is 5.56 Å². The summed E-state index contributed by atoms with van der Waals surface area (Å²) in [5.41, 5.74) is 2.88. The number of urea groups is 1. The van der Waals surface area contributed by atoms with Gasteiger partial charge >= 0.3 is 6.03 Å². The van der Waals surface area contributed by atoms with Crippen molar-refractivity contribution >= 4 is 35.9 Å². The lowest BCUT2D eigenvalue weighted by Crippen LogP contribution is -2.28. The highest BCUT2D eigenvalue weighted by Gasteiger charge is 2.07. The molecule has 0 bridgehead atoms. The lowest BCUT2D eigenvalue weighted by atomic mass is 10.1. The Kier molecular flexibility index (Phi) is 5.23. The number of nitrogens with one attached hydrogen (secondary N) is 2. The molecule has 0 saturated carbocycles. The van der Waals surface area contributed by atoms with Gasteiger partial charge in [0, 0.05) is 23.5 Å². The summed E-state index contributed by atoms with van der Waals surface area (Å²) in [4.78, 5) is 20.1. The smallest absolute Gasteiger partial charge is 0.319 e. The van der Waals surface area contributed by atoms with Gasteiger partial charge in [-0.3, -0.25) is 4.99 Å². The average Bonchev–Trinajstić information content (AvgIpc) is 3.07. The third kappa shape index (κ3) is 4.67. The molecule has 1 heterocycles. The summed E-state index contributed by atoms with van der Waals surface area (Å²) in [6, 6.07) is 15.0. The Morgan fingerprint density at radius 2 is 1.92 bits per heavy atom. The van der Waals surface area contributed by atoms with Gasteiger partial charge in [-0.15, -0.1) is 0 Å². The van der Waals surface area contributed by atoms with Gasteiger partial charge < -0.3 is 10.6 Å². The van der Waals surface area contributed by atoms with Gasteiger partial charge in [0.2, 0.25) is 0 Å². The Bertz CT molecular complexity index is 759. The molecule has 0 aromatic heterocycles. The zero-order chi connectivity index (χ0) is 16.8. The number of halogens is 1. The summed E-state index contributed by atoms with van der Waals surface area (Å²) in [6.45, 7) is 0.454. The molecule has 0 fully saturated rings. The van der Waals surface area contributed by atoms with E-state index in [-0.39, 0.29) is 12.1 Å². The minimum Gasteiger partial charge on any atom is -0.334 e. The van der Waals surface area contributed by atoms with Crippen molar-refractivity contribution in [1.82, 2.24) is 5.32 Å². The molecule has 2 amide bonds. The van der Waals surface area contributed by atoms with Gasteiger partial charge in [-0.25, -0.2) is 9.79 Å². The minimum atomic E-state index is -0.266. The average molecular weight is 341 g/mol. The van der Waals surface area contributed by atoms with E-state index in [9.17, 15) is 4.79 Å². The van der Waals surface area contributed by atoms with E-state index in [0.717, 1.165) is 12.0 Å². The highest BCUT2D eigenvalue weighted by molar-refractivity contribution is 6.30. The number of rotatable bonds is 5. The Hall–Kier alpha value is -2.66. The maximum absolute atomic E-state index is 11.9. The van der Waals surface area contributed by atoms with Crippen molar-refractivity contribution < 1.29 is 4.79 Å². The van der Waals surface area contributed by atoms with Gasteiger partial charge in [-0.1, -0.05) is 41.9 Å². The number of benzene rings is 2. The highest BCUT2D eigenvalue weighted by atomic mass is 35.5. The number of carbonyl (C=O) groups excluding carboxylic acids is 1. The maximum Gasteiger partial charge on any atom is 0.319 e. The second-order valence-corrected chi connectivity index (χ2v) is 5.91. The summed E-state index contributed by atoms with van der Waals surface area (Å²) < 4.78 is 0. The van der Waals surface area contributed by atoms with Gasteiger partial charge in [0.1, 0.15) is 6.34 Å². The van der Waals surface area contributed by atoms with Crippen LogP contribution >= 0.6 is 11.6 Å². The fraction of sp³-hybridized carbons (Fsp3) is 0.167. The van der Waals surface area contributed by atoms with Crippen LogP contribution in [0.1, 0.15) is 11.1 Å². The van der Waals surface area contributed by atoms with E-state index >= 15 is 0 Å². The lowest BCUT2D eigenvalue weighted by molar-refractivity contribution is 0.251. The van der Waals surface area contributed by atoms with Crippen molar-refractivity contribution in [3.05, 3.63) is 64.7 Å². The van der Waals surface area contributed by atoms with Crippen molar-refractivity contribution in [2.45, 2.75) is 19.0 Å². The molecule has 24 heavy (non-hydrogen) atoms. The van der Waals surface area contributed by atoms with Crippen LogP contribution in [0.15, 0.2) is 58.5 Å². The van der Waals surface area contributed by atoms with Gasteiger partial charge in [0.15, 0.2) is 0 Å². The molecule has 0 spiro atoms. The number of hydrogen-bond acceptors (Lipinski definition) is 3. The Balaban J connectivity index is 1.48. The first-order valence-electron chi connectivity index (χ1n) is 7.62. The molecule has 0 saturated heterocycles. The molecule has 0 aliphatic carbocycles. The van der Waals surface area contributed by atoms with E-state index in [1.54, 1.807) is 30.6 Å². The van der Waals surface area contributed by atoms with Gasteiger partial charge in [0.25, 0.3) is 0 Å². The summed E-state index contributed by atoms with van der Waals surface area (Å²) in [6.07, 6.45) is 4.26. The van der Waals surface area contributed by atoms with Crippen LogP contribution < -0.4 is 10.6 Å².